The van der Waals surface area contributed by atoms with Gasteiger partial charge in [-0.2, -0.15) is 5.10 Å². The molecule has 1 amide bonds. The number of carbonyl (C=O) groups excluding carboxylic acids is 2. The van der Waals surface area contributed by atoms with Crippen LogP contribution in [0.5, 0.6) is 5.75 Å². The third kappa shape index (κ3) is 4.90. The summed E-state index contributed by atoms with van der Waals surface area (Å²) in [6, 6.07) is 13.5. The molecular formula is C26H31N3O3. The van der Waals surface area contributed by atoms with E-state index in [1.807, 2.05) is 62.0 Å². The van der Waals surface area contributed by atoms with Gasteiger partial charge < -0.3 is 9.64 Å². The Morgan fingerprint density at radius 1 is 1.19 bits per heavy atom. The first-order valence-electron chi connectivity index (χ1n) is 11.1. The minimum Gasteiger partial charge on any atom is -0.491 e. The van der Waals surface area contributed by atoms with Crippen molar-refractivity contribution in [3.63, 3.8) is 0 Å². The molecule has 0 radical (unpaired) electrons. The van der Waals surface area contributed by atoms with Crippen LogP contribution in [0.25, 0.3) is 5.69 Å². The minimum absolute atomic E-state index is 0.0311. The van der Waals surface area contributed by atoms with E-state index in [0.29, 0.717) is 30.9 Å². The number of ether oxygens (including phenoxy) is 1. The fourth-order valence-corrected chi connectivity index (χ4v) is 3.71. The summed E-state index contributed by atoms with van der Waals surface area (Å²) >= 11 is 0. The summed E-state index contributed by atoms with van der Waals surface area (Å²) in [5.74, 6) is 0.408. The molecule has 32 heavy (non-hydrogen) atoms. The second-order valence-electron chi connectivity index (χ2n) is 7.70. The van der Waals surface area contributed by atoms with E-state index in [0.717, 1.165) is 22.4 Å². The molecule has 0 aliphatic carbocycles. The summed E-state index contributed by atoms with van der Waals surface area (Å²) in [4.78, 5) is 26.6. The summed E-state index contributed by atoms with van der Waals surface area (Å²) in [7, 11) is 0. The quantitative estimate of drug-likeness (QED) is 0.589. The molecule has 168 valence electrons. The number of rotatable bonds is 5. The van der Waals surface area contributed by atoms with Gasteiger partial charge in [-0.15, -0.1) is 0 Å². The number of fused-ring (bicyclic) bond motifs is 1. The van der Waals surface area contributed by atoms with Crippen molar-refractivity contribution in [1.82, 2.24) is 14.7 Å². The summed E-state index contributed by atoms with van der Waals surface area (Å²) in [6.45, 7) is 10.1. The first-order chi connectivity index (χ1) is 15.4. The third-order valence-corrected chi connectivity index (χ3v) is 5.67. The maximum Gasteiger partial charge on any atom is 0.258 e. The molecule has 4 rings (SSSR count). The zero-order valence-corrected chi connectivity index (χ0v) is 19.5. The molecule has 1 aromatic heterocycles. The molecule has 3 aromatic rings. The predicted octanol–water partition coefficient (Wildman–Crippen LogP) is 4.61. The highest BCUT2D eigenvalue weighted by Crippen LogP contribution is 2.29. The van der Waals surface area contributed by atoms with Crippen LogP contribution in [0.4, 0.5) is 0 Å². The molecule has 1 unspecified atom stereocenters. The van der Waals surface area contributed by atoms with Gasteiger partial charge in [-0.1, -0.05) is 26.0 Å². The lowest BCUT2D eigenvalue weighted by molar-refractivity contribution is -0.120. The Hall–Kier alpha value is -3.41. The molecule has 0 fully saturated rings. The van der Waals surface area contributed by atoms with Crippen molar-refractivity contribution < 1.29 is 14.3 Å². The van der Waals surface area contributed by atoms with Gasteiger partial charge in [0, 0.05) is 12.4 Å². The Labute approximate surface area is 189 Å². The average molecular weight is 434 g/mol. The number of carbonyl (C=O) groups is 2. The fourth-order valence-electron chi connectivity index (χ4n) is 3.71. The smallest absolute Gasteiger partial charge is 0.258 e. The summed E-state index contributed by atoms with van der Waals surface area (Å²) in [5, 5.41) is 4.25. The summed E-state index contributed by atoms with van der Waals surface area (Å²) < 4.78 is 7.66. The van der Waals surface area contributed by atoms with Crippen molar-refractivity contribution in [2.24, 2.45) is 0 Å². The van der Waals surface area contributed by atoms with Gasteiger partial charge in [0.05, 0.1) is 23.8 Å². The molecule has 6 heteroatoms. The number of hydrogen-bond donors (Lipinski definition) is 0. The Morgan fingerprint density at radius 3 is 2.53 bits per heavy atom. The topological polar surface area (TPSA) is 64.4 Å². The van der Waals surface area contributed by atoms with Crippen molar-refractivity contribution in [3.05, 3.63) is 77.1 Å². The summed E-state index contributed by atoms with van der Waals surface area (Å²) in [6.07, 6.45) is 4.36. The molecule has 0 bridgehead atoms. The van der Waals surface area contributed by atoms with E-state index >= 15 is 0 Å². The molecular weight excluding hydrogens is 402 g/mol. The van der Waals surface area contributed by atoms with Crippen molar-refractivity contribution >= 4 is 11.7 Å². The molecule has 6 nitrogen and oxygen atoms in total. The van der Waals surface area contributed by atoms with Crippen LogP contribution in [0.2, 0.25) is 0 Å². The van der Waals surface area contributed by atoms with E-state index in [-0.39, 0.29) is 11.7 Å². The van der Waals surface area contributed by atoms with Gasteiger partial charge in [0.1, 0.15) is 12.4 Å². The monoisotopic (exact) mass is 433 g/mol. The highest BCUT2D eigenvalue weighted by Gasteiger charge is 2.29. The fraction of sp³-hybridized carbons (Fsp3) is 0.346. The largest absolute Gasteiger partial charge is 0.491 e. The Kier molecular flexibility index (Phi) is 7.46. The van der Waals surface area contributed by atoms with E-state index in [4.69, 9.17) is 4.74 Å². The minimum atomic E-state index is -0.466. The third-order valence-electron chi connectivity index (χ3n) is 5.67. The second-order valence-corrected chi connectivity index (χ2v) is 7.70. The Bertz CT molecular complexity index is 1070. The maximum atomic E-state index is 13.2. The SMILES string of the molecule is CC.CC(=O)C(C)N1CCOc2cc(C)c(Cc3ccc(-n4cccn4)cc3)cc2C1=O. The van der Waals surface area contributed by atoms with Crippen LogP contribution < -0.4 is 4.74 Å². The maximum absolute atomic E-state index is 13.2. The van der Waals surface area contributed by atoms with Gasteiger partial charge >= 0.3 is 0 Å². The van der Waals surface area contributed by atoms with Crippen LogP contribution in [0.1, 0.15) is 54.7 Å². The molecule has 1 atom stereocenters. The normalized spacial score (nSPS) is 13.9. The Balaban J connectivity index is 0.00000141. The first kappa shape index (κ1) is 23.3. The number of benzene rings is 2. The molecule has 2 aromatic carbocycles. The highest BCUT2D eigenvalue weighted by atomic mass is 16.5. The molecule has 0 N–H and O–H groups in total. The zero-order valence-electron chi connectivity index (χ0n) is 19.5. The van der Waals surface area contributed by atoms with Gasteiger partial charge in [0.2, 0.25) is 0 Å². The lowest BCUT2D eigenvalue weighted by atomic mass is 9.96. The van der Waals surface area contributed by atoms with E-state index in [1.165, 1.54) is 6.92 Å². The molecule has 0 saturated carbocycles. The van der Waals surface area contributed by atoms with Crippen LogP contribution >= 0.6 is 0 Å². The number of aryl methyl sites for hydroxylation is 1. The van der Waals surface area contributed by atoms with Crippen molar-refractivity contribution in [1.29, 1.82) is 0 Å². The number of ketones is 1. The summed E-state index contributed by atoms with van der Waals surface area (Å²) in [5.41, 5.74) is 4.81. The number of amides is 1. The van der Waals surface area contributed by atoms with Gasteiger partial charge in [-0.3, -0.25) is 9.59 Å². The van der Waals surface area contributed by atoms with Crippen molar-refractivity contribution in [2.75, 3.05) is 13.2 Å². The molecule has 1 aliphatic rings. The zero-order chi connectivity index (χ0) is 23.3. The predicted molar refractivity (Wildman–Crippen MR) is 126 cm³/mol. The average Bonchev–Trinajstić information content (AvgIpc) is 3.29. The molecule has 0 spiro atoms. The molecule has 0 saturated heterocycles. The van der Waals surface area contributed by atoms with E-state index in [1.54, 1.807) is 18.0 Å². The van der Waals surface area contributed by atoms with Gasteiger partial charge in [0.15, 0.2) is 5.78 Å². The second kappa shape index (κ2) is 10.3. The van der Waals surface area contributed by atoms with Crippen LogP contribution in [0, 0.1) is 6.92 Å². The molecule has 2 heterocycles. The lowest BCUT2D eigenvalue weighted by Gasteiger charge is -2.25. The number of Topliss-reactive ketones (excluding diaryl/α,β-unsaturated/α-hetero) is 1. The van der Waals surface area contributed by atoms with Crippen LogP contribution in [0.15, 0.2) is 54.9 Å². The number of hydrogen-bond acceptors (Lipinski definition) is 4. The standard InChI is InChI=1S/C24H25N3O3.C2H6/c1-16-13-23-22(24(29)26(11-12-30-23)17(2)18(3)28)15-20(16)14-19-5-7-21(8-6-19)27-10-4-9-25-27;1-2/h4-10,13,15,17H,11-12,14H2,1-3H3;1-2H3. The number of aromatic nitrogens is 2. The highest BCUT2D eigenvalue weighted by molar-refractivity contribution is 6.00. The van der Waals surface area contributed by atoms with Crippen molar-refractivity contribution in [2.45, 2.75) is 47.1 Å². The van der Waals surface area contributed by atoms with Crippen LogP contribution in [-0.4, -0.2) is 45.6 Å². The number of nitrogens with zero attached hydrogens (tertiary/aromatic N) is 3. The van der Waals surface area contributed by atoms with Gasteiger partial charge in [-0.05, 0) is 74.2 Å². The van der Waals surface area contributed by atoms with Crippen LogP contribution in [-0.2, 0) is 11.2 Å². The van der Waals surface area contributed by atoms with E-state index in [9.17, 15) is 9.59 Å². The van der Waals surface area contributed by atoms with E-state index < -0.39 is 6.04 Å². The molecule has 1 aliphatic heterocycles. The van der Waals surface area contributed by atoms with Crippen LogP contribution in [0.3, 0.4) is 0 Å². The first-order valence-corrected chi connectivity index (χ1v) is 11.1. The van der Waals surface area contributed by atoms with E-state index in [2.05, 4.69) is 17.2 Å². The van der Waals surface area contributed by atoms with Gasteiger partial charge in [0.25, 0.3) is 5.91 Å². The van der Waals surface area contributed by atoms with Gasteiger partial charge in [-0.25, -0.2) is 4.68 Å². The van der Waals surface area contributed by atoms with Crippen molar-refractivity contribution in [3.8, 4) is 11.4 Å². The lowest BCUT2D eigenvalue weighted by Crippen LogP contribution is -2.43. The Morgan fingerprint density at radius 2 is 1.91 bits per heavy atom.